The molecule has 6 heteroatoms. The van der Waals surface area contributed by atoms with Gasteiger partial charge in [0, 0.05) is 25.6 Å². The number of nitrogens with zero attached hydrogens (tertiary/aromatic N) is 2. The van der Waals surface area contributed by atoms with Crippen molar-refractivity contribution in [3.63, 3.8) is 0 Å². The molecule has 1 heterocycles. The normalized spacial score (nSPS) is 31.5. The van der Waals surface area contributed by atoms with Crippen LogP contribution in [0.2, 0.25) is 0 Å². The minimum absolute atomic E-state index is 0.00997. The zero-order valence-corrected chi connectivity index (χ0v) is 19.9. The number of likely N-dealkylation sites (tertiary alicyclic amines) is 1. The molecule has 5 nitrogen and oxygen atoms in total. The molecule has 2 amide bonds. The number of carbonyl (C=O) groups is 2. The zero-order valence-electron chi connectivity index (χ0n) is 19.9. The van der Waals surface area contributed by atoms with Gasteiger partial charge in [-0.3, -0.25) is 14.5 Å². The Kier molecular flexibility index (Phi) is 6.47. The van der Waals surface area contributed by atoms with Gasteiger partial charge in [0.1, 0.15) is 5.82 Å². The van der Waals surface area contributed by atoms with Crippen molar-refractivity contribution in [1.29, 1.82) is 0 Å². The van der Waals surface area contributed by atoms with Crippen molar-refractivity contribution < 1.29 is 14.0 Å². The Bertz CT molecular complexity index is 827. The van der Waals surface area contributed by atoms with Gasteiger partial charge < -0.3 is 10.2 Å². The summed E-state index contributed by atoms with van der Waals surface area (Å²) in [4.78, 5) is 29.6. The highest BCUT2D eigenvalue weighted by Crippen LogP contribution is 2.58. The minimum Gasteiger partial charge on any atom is -0.356 e. The van der Waals surface area contributed by atoms with Crippen LogP contribution in [0, 0.1) is 29.5 Å². The largest absolute Gasteiger partial charge is 0.356 e. The maximum absolute atomic E-state index is 13.8. The van der Waals surface area contributed by atoms with E-state index in [1.165, 1.54) is 31.4 Å². The van der Waals surface area contributed by atoms with Gasteiger partial charge in [0.15, 0.2) is 0 Å². The van der Waals surface area contributed by atoms with Crippen LogP contribution in [-0.4, -0.2) is 53.3 Å². The Hall–Kier alpha value is -1.95. The maximum atomic E-state index is 13.8. The summed E-state index contributed by atoms with van der Waals surface area (Å²) in [5.41, 5.74) is 1.01. The monoisotopic (exact) mass is 455 g/mol. The summed E-state index contributed by atoms with van der Waals surface area (Å²) < 4.78 is 13.5. The quantitative estimate of drug-likeness (QED) is 0.677. The predicted molar refractivity (Wildman–Crippen MR) is 126 cm³/mol. The van der Waals surface area contributed by atoms with Gasteiger partial charge in [-0.15, -0.1) is 0 Å². The van der Waals surface area contributed by atoms with Crippen molar-refractivity contribution in [3.05, 3.63) is 35.6 Å². The number of halogens is 1. The fourth-order valence-corrected chi connectivity index (χ4v) is 7.60. The molecule has 33 heavy (non-hydrogen) atoms. The molecular formula is C27H38FN3O2. The van der Waals surface area contributed by atoms with E-state index in [9.17, 15) is 14.0 Å². The lowest BCUT2D eigenvalue weighted by Gasteiger charge is -2.60. The second-order valence-electron chi connectivity index (χ2n) is 11.4. The smallest absolute Gasteiger partial charge is 0.237 e. The molecule has 1 aromatic carbocycles. The van der Waals surface area contributed by atoms with Crippen LogP contribution in [0.5, 0.6) is 0 Å². The Labute approximate surface area is 197 Å². The number of rotatable bonds is 7. The average molecular weight is 456 g/mol. The van der Waals surface area contributed by atoms with Crippen LogP contribution < -0.4 is 5.32 Å². The Morgan fingerprint density at radius 3 is 2.15 bits per heavy atom. The highest BCUT2D eigenvalue weighted by atomic mass is 19.1. The molecule has 5 fully saturated rings. The molecule has 1 saturated heterocycles. The van der Waals surface area contributed by atoms with E-state index in [1.807, 2.05) is 12.1 Å². The third-order valence-electron chi connectivity index (χ3n) is 8.84. The molecule has 1 N–H and O–H groups in total. The van der Waals surface area contributed by atoms with Gasteiger partial charge in [-0.2, -0.15) is 0 Å². The van der Waals surface area contributed by atoms with Crippen LogP contribution in [-0.2, 0) is 16.1 Å². The summed E-state index contributed by atoms with van der Waals surface area (Å²) in [6.07, 6.45) is 9.50. The molecule has 4 saturated carbocycles. The van der Waals surface area contributed by atoms with Gasteiger partial charge >= 0.3 is 0 Å². The van der Waals surface area contributed by atoms with Gasteiger partial charge in [0.2, 0.25) is 11.8 Å². The van der Waals surface area contributed by atoms with Crippen molar-refractivity contribution in [2.75, 3.05) is 26.2 Å². The van der Waals surface area contributed by atoms with Gasteiger partial charge in [-0.1, -0.05) is 12.1 Å². The number of nitrogens with one attached hydrogen (secondary N) is 1. The second-order valence-corrected chi connectivity index (χ2v) is 11.4. The van der Waals surface area contributed by atoms with Crippen molar-refractivity contribution in [3.8, 4) is 0 Å². The first kappa shape index (κ1) is 22.8. The minimum atomic E-state index is -0.228. The molecular weight excluding hydrogens is 417 g/mol. The van der Waals surface area contributed by atoms with E-state index in [2.05, 4.69) is 15.1 Å². The lowest BCUT2D eigenvalue weighted by Crippen LogP contribution is -2.62. The second kappa shape index (κ2) is 9.36. The van der Waals surface area contributed by atoms with E-state index in [0.29, 0.717) is 19.0 Å². The molecule has 6 rings (SSSR count). The molecule has 0 unspecified atom stereocenters. The third kappa shape index (κ3) is 5.11. The number of hydrogen-bond acceptors (Lipinski definition) is 3. The van der Waals surface area contributed by atoms with Crippen LogP contribution in [0.3, 0.4) is 0 Å². The Morgan fingerprint density at radius 2 is 1.61 bits per heavy atom. The molecule has 5 aliphatic rings. The average Bonchev–Trinajstić information content (AvgIpc) is 2.77. The molecule has 0 aromatic heterocycles. The molecule has 0 radical (unpaired) electrons. The van der Waals surface area contributed by atoms with Crippen LogP contribution in [0.4, 0.5) is 4.39 Å². The number of hydrogen-bond donors (Lipinski definition) is 1. The van der Waals surface area contributed by atoms with E-state index < -0.39 is 0 Å². The van der Waals surface area contributed by atoms with Crippen LogP contribution >= 0.6 is 0 Å². The lowest BCUT2D eigenvalue weighted by atomic mass is 9.52. The number of amides is 2. The van der Waals surface area contributed by atoms with E-state index in [4.69, 9.17) is 0 Å². The first-order chi connectivity index (χ1) is 15.9. The predicted octanol–water partition coefficient (Wildman–Crippen LogP) is 3.97. The highest BCUT2D eigenvalue weighted by molar-refractivity contribution is 5.79. The fourth-order valence-electron chi connectivity index (χ4n) is 7.60. The first-order valence-corrected chi connectivity index (χ1v) is 12.9. The SMILES string of the molecule is CC(=O)NCC1CCN(CC(=O)N(Cc2ccc(F)cc2)C23CC4CC(CC(C4)C2)C3)CC1. The Balaban J connectivity index is 1.28. The summed E-state index contributed by atoms with van der Waals surface area (Å²) in [5, 5.41) is 2.94. The van der Waals surface area contributed by atoms with Crippen LogP contribution in [0.1, 0.15) is 63.9 Å². The molecule has 0 atom stereocenters. The molecule has 4 aliphatic carbocycles. The van der Waals surface area contributed by atoms with Gasteiger partial charge in [-0.25, -0.2) is 4.39 Å². The van der Waals surface area contributed by atoms with E-state index >= 15 is 0 Å². The Morgan fingerprint density at radius 1 is 1.03 bits per heavy atom. The number of benzene rings is 1. The fraction of sp³-hybridized carbons (Fsp3) is 0.704. The standard InChI is InChI=1S/C27H38FN3O2/c1-19(32)29-16-20-6-8-30(9-7-20)18-26(33)31(17-21-2-4-25(28)5-3-21)27-13-22-10-23(14-27)12-24(11-22)15-27/h2-5,20,22-24H,6-18H2,1H3,(H,29,32). The van der Waals surface area contributed by atoms with Gasteiger partial charge in [0.25, 0.3) is 0 Å². The third-order valence-corrected chi connectivity index (χ3v) is 8.84. The summed E-state index contributed by atoms with van der Waals surface area (Å²) >= 11 is 0. The van der Waals surface area contributed by atoms with E-state index in [0.717, 1.165) is 75.1 Å². The highest BCUT2D eigenvalue weighted by Gasteiger charge is 2.54. The molecule has 1 aliphatic heterocycles. The molecule has 1 aromatic rings. The van der Waals surface area contributed by atoms with Crippen LogP contribution in [0.15, 0.2) is 24.3 Å². The van der Waals surface area contributed by atoms with Crippen molar-refractivity contribution in [1.82, 2.24) is 15.1 Å². The lowest BCUT2D eigenvalue weighted by molar-refractivity contribution is -0.153. The molecule has 0 spiro atoms. The van der Waals surface area contributed by atoms with Gasteiger partial charge in [-0.05, 0) is 106 Å². The first-order valence-electron chi connectivity index (χ1n) is 12.9. The maximum Gasteiger partial charge on any atom is 0.237 e. The van der Waals surface area contributed by atoms with Crippen LogP contribution in [0.25, 0.3) is 0 Å². The van der Waals surface area contributed by atoms with Crippen molar-refractivity contribution in [2.45, 2.75) is 70.4 Å². The molecule has 4 bridgehead atoms. The van der Waals surface area contributed by atoms with E-state index in [-0.39, 0.29) is 23.2 Å². The summed E-state index contributed by atoms with van der Waals surface area (Å²) in [7, 11) is 0. The zero-order chi connectivity index (χ0) is 23.0. The molecule has 180 valence electrons. The van der Waals surface area contributed by atoms with Gasteiger partial charge in [0.05, 0.1) is 6.54 Å². The summed E-state index contributed by atoms with van der Waals surface area (Å²) in [6, 6.07) is 6.70. The topological polar surface area (TPSA) is 52.7 Å². The number of carbonyl (C=O) groups excluding carboxylic acids is 2. The van der Waals surface area contributed by atoms with E-state index in [1.54, 1.807) is 6.92 Å². The summed E-state index contributed by atoms with van der Waals surface area (Å²) in [6.45, 7) is 5.16. The number of piperidine rings is 1. The van der Waals surface area contributed by atoms with Crippen molar-refractivity contribution >= 4 is 11.8 Å². The summed E-state index contributed by atoms with van der Waals surface area (Å²) in [5.74, 6) is 2.84. The van der Waals surface area contributed by atoms with Crippen molar-refractivity contribution in [2.24, 2.45) is 23.7 Å².